The van der Waals surface area contributed by atoms with Crippen molar-refractivity contribution in [3.8, 4) is 6.07 Å². The Labute approximate surface area is 281 Å². The summed E-state index contributed by atoms with van der Waals surface area (Å²) >= 11 is 0. The van der Waals surface area contributed by atoms with Gasteiger partial charge in [-0.3, -0.25) is 14.5 Å². The number of amides is 1. The molecule has 5 atom stereocenters. The van der Waals surface area contributed by atoms with Crippen molar-refractivity contribution in [3.05, 3.63) is 53.3 Å². The molecular formula is C37H47F3N4O4. The summed E-state index contributed by atoms with van der Waals surface area (Å²) in [6.45, 7) is 2.78. The molecule has 0 spiro atoms. The number of methoxy groups -OCH3 is 2. The summed E-state index contributed by atoms with van der Waals surface area (Å²) in [5.74, 6) is 0.217. The molecule has 0 bridgehead atoms. The minimum atomic E-state index is -4.51. The molecule has 260 valence electrons. The van der Waals surface area contributed by atoms with Gasteiger partial charge in [0, 0.05) is 56.4 Å². The van der Waals surface area contributed by atoms with Crippen molar-refractivity contribution in [1.82, 2.24) is 9.80 Å². The minimum absolute atomic E-state index is 0.0607. The molecule has 8 nitrogen and oxygen atoms in total. The maximum absolute atomic E-state index is 14.7. The van der Waals surface area contributed by atoms with E-state index in [4.69, 9.17) is 9.47 Å². The normalized spacial score (nSPS) is 28.8. The maximum atomic E-state index is 14.7. The molecule has 0 aromatic heterocycles. The van der Waals surface area contributed by atoms with Crippen molar-refractivity contribution in [2.45, 2.75) is 82.0 Å². The van der Waals surface area contributed by atoms with Crippen molar-refractivity contribution in [2.75, 3.05) is 51.8 Å². The maximum Gasteiger partial charge on any atom is 0.416 e. The molecule has 3 aliphatic heterocycles. The van der Waals surface area contributed by atoms with Gasteiger partial charge in [-0.25, -0.2) is 0 Å². The zero-order chi connectivity index (χ0) is 34.0. The Balaban J connectivity index is 1.26. The number of ether oxygens (including phenoxy) is 2. The highest BCUT2D eigenvalue weighted by molar-refractivity contribution is 5.81. The van der Waals surface area contributed by atoms with Crippen molar-refractivity contribution >= 4 is 17.6 Å². The zero-order valence-corrected chi connectivity index (χ0v) is 28.0. The number of piperidine rings is 1. The monoisotopic (exact) mass is 668 g/mol. The van der Waals surface area contributed by atoms with Gasteiger partial charge in [-0.05, 0) is 80.2 Å². The van der Waals surface area contributed by atoms with Crippen LogP contribution in [-0.2, 0) is 25.2 Å². The molecule has 0 radical (unpaired) electrons. The van der Waals surface area contributed by atoms with Crippen LogP contribution in [0.5, 0.6) is 0 Å². The molecular weight excluding hydrogens is 621 g/mol. The molecule has 4 fully saturated rings. The number of carbonyl (C=O) groups excluding carboxylic acids is 2. The van der Waals surface area contributed by atoms with Gasteiger partial charge in [0.2, 0.25) is 5.91 Å². The lowest BCUT2D eigenvalue weighted by atomic mass is 9.79. The summed E-state index contributed by atoms with van der Waals surface area (Å²) in [4.78, 5) is 33.2. The number of allylic oxidation sites excluding steroid dienone is 3. The number of benzene rings is 1. The SMILES string of the molecule is COC(=O)C1CCN(c2cc(C(F)(F)F)ccc2[C@@H]2C[C@@H](CC#N)N(C(=O)[C@@H]3CN(C4CCCC4)C[C@H]3C3C=CC(OC)=CC3)C2)CC1. The number of hydrogen-bond donors (Lipinski definition) is 0. The Morgan fingerprint density at radius 2 is 1.79 bits per heavy atom. The first-order chi connectivity index (χ1) is 23.1. The van der Waals surface area contributed by atoms with E-state index in [0.29, 0.717) is 57.2 Å². The summed E-state index contributed by atoms with van der Waals surface area (Å²) in [6, 6.07) is 6.39. The van der Waals surface area contributed by atoms with Crippen LogP contribution in [0.3, 0.4) is 0 Å². The number of esters is 1. The van der Waals surface area contributed by atoms with Crippen molar-refractivity contribution in [3.63, 3.8) is 0 Å². The molecule has 1 aromatic carbocycles. The third-order valence-electron chi connectivity index (χ3n) is 11.6. The number of halogens is 3. The number of alkyl halides is 3. The van der Waals surface area contributed by atoms with Crippen LogP contribution in [0.2, 0.25) is 0 Å². The number of nitrogens with zero attached hydrogens (tertiary/aromatic N) is 4. The van der Waals surface area contributed by atoms with Crippen LogP contribution in [0.1, 0.15) is 74.8 Å². The first-order valence-corrected chi connectivity index (χ1v) is 17.5. The largest absolute Gasteiger partial charge is 0.497 e. The fourth-order valence-corrected chi connectivity index (χ4v) is 9.00. The van der Waals surface area contributed by atoms with Crippen molar-refractivity contribution < 1.29 is 32.2 Å². The van der Waals surface area contributed by atoms with Gasteiger partial charge < -0.3 is 19.3 Å². The molecule has 6 rings (SSSR count). The zero-order valence-electron chi connectivity index (χ0n) is 28.0. The van der Waals surface area contributed by atoms with Gasteiger partial charge in [0.25, 0.3) is 0 Å². The third-order valence-corrected chi connectivity index (χ3v) is 11.6. The van der Waals surface area contributed by atoms with Crippen LogP contribution in [0.4, 0.5) is 18.9 Å². The average molecular weight is 669 g/mol. The first kappa shape index (κ1) is 34.3. The lowest BCUT2D eigenvalue weighted by molar-refractivity contribution is -0.146. The van der Waals surface area contributed by atoms with Gasteiger partial charge in [0.1, 0.15) is 5.76 Å². The molecule has 1 aromatic rings. The molecule has 1 unspecified atom stereocenters. The fraction of sp³-hybridized carbons (Fsp3) is 0.649. The predicted octanol–water partition coefficient (Wildman–Crippen LogP) is 6.29. The van der Waals surface area contributed by atoms with E-state index in [1.807, 2.05) is 15.9 Å². The van der Waals surface area contributed by atoms with E-state index in [9.17, 15) is 28.0 Å². The Hall–Kier alpha value is -3.52. The van der Waals surface area contributed by atoms with Crippen LogP contribution >= 0.6 is 0 Å². The number of hydrogen-bond acceptors (Lipinski definition) is 7. The third kappa shape index (κ3) is 7.10. The fourth-order valence-electron chi connectivity index (χ4n) is 9.00. The van der Waals surface area contributed by atoms with E-state index in [1.165, 1.54) is 26.0 Å². The Bertz CT molecular complexity index is 1440. The molecule has 48 heavy (non-hydrogen) atoms. The number of anilines is 1. The molecule has 5 aliphatic rings. The number of carbonyl (C=O) groups is 2. The molecule has 0 N–H and O–H groups in total. The lowest BCUT2D eigenvalue weighted by Crippen LogP contribution is -2.43. The van der Waals surface area contributed by atoms with Crippen LogP contribution in [0.15, 0.2) is 42.2 Å². The van der Waals surface area contributed by atoms with E-state index >= 15 is 0 Å². The second-order valence-corrected chi connectivity index (χ2v) is 14.2. The molecule has 2 aliphatic carbocycles. The van der Waals surface area contributed by atoms with Gasteiger partial charge in [-0.2, -0.15) is 18.4 Å². The quantitative estimate of drug-likeness (QED) is 0.301. The molecule has 1 amide bonds. The van der Waals surface area contributed by atoms with Crippen molar-refractivity contribution in [2.24, 2.45) is 23.7 Å². The van der Waals surface area contributed by atoms with Gasteiger partial charge >= 0.3 is 12.1 Å². The predicted molar refractivity (Wildman–Crippen MR) is 175 cm³/mol. The second kappa shape index (κ2) is 14.5. The van der Waals surface area contributed by atoms with Crippen LogP contribution in [-0.4, -0.2) is 80.7 Å². The Kier molecular flexibility index (Phi) is 10.4. The number of likely N-dealkylation sites (tertiary alicyclic amines) is 2. The summed E-state index contributed by atoms with van der Waals surface area (Å²) in [5.41, 5.74) is 0.547. The van der Waals surface area contributed by atoms with E-state index in [0.717, 1.165) is 43.2 Å². The van der Waals surface area contributed by atoms with Gasteiger partial charge in [-0.1, -0.05) is 25.0 Å². The van der Waals surface area contributed by atoms with Crippen molar-refractivity contribution in [1.29, 1.82) is 5.26 Å². The molecule has 1 saturated carbocycles. The van der Waals surface area contributed by atoms with Gasteiger partial charge in [0.15, 0.2) is 0 Å². The van der Waals surface area contributed by atoms with E-state index in [-0.39, 0.29) is 53.9 Å². The van der Waals surface area contributed by atoms with E-state index in [2.05, 4.69) is 23.1 Å². The summed E-state index contributed by atoms with van der Waals surface area (Å²) < 4.78 is 52.2. The van der Waals surface area contributed by atoms with Crippen LogP contribution < -0.4 is 4.90 Å². The summed E-state index contributed by atoms with van der Waals surface area (Å²) in [6.07, 6.45) is 8.97. The average Bonchev–Trinajstić information content (AvgIpc) is 3.88. The van der Waals surface area contributed by atoms with E-state index in [1.54, 1.807) is 13.2 Å². The Morgan fingerprint density at radius 3 is 2.42 bits per heavy atom. The minimum Gasteiger partial charge on any atom is -0.497 e. The highest BCUT2D eigenvalue weighted by Crippen LogP contribution is 2.45. The van der Waals surface area contributed by atoms with Crippen LogP contribution in [0.25, 0.3) is 0 Å². The number of nitriles is 1. The lowest BCUT2D eigenvalue weighted by Gasteiger charge is -2.35. The molecule has 3 heterocycles. The molecule has 11 heteroatoms. The van der Waals surface area contributed by atoms with E-state index < -0.39 is 11.7 Å². The van der Waals surface area contributed by atoms with Gasteiger partial charge in [-0.15, -0.1) is 0 Å². The second-order valence-electron chi connectivity index (χ2n) is 14.2. The highest BCUT2D eigenvalue weighted by Gasteiger charge is 2.48. The molecule has 3 saturated heterocycles. The first-order valence-electron chi connectivity index (χ1n) is 17.5. The topological polar surface area (TPSA) is 86.1 Å². The highest BCUT2D eigenvalue weighted by atomic mass is 19.4. The smallest absolute Gasteiger partial charge is 0.416 e. The summed E-state index contributed by atoms with van der Waals surface area (Å²) in [5, 5.41) is 9.82. The van der Waals surface area contributed by atoms with Crippen LogP contribution in [0, 0.1) is 35.0 Å². The Morgan fingerprint density at radius 1 is 1.04 bits per heavy atom. The number of rotatable bonds is 8. The summed E-state index contributed by atoms with van der Waals surface area (Å²) in [7, 11) is 3.01. The van der Waals surface area contributed by atoms with Gasteiger partial charge in [0.05, 0.1) is 44.1 Å². The standard InChI is InChI=1S/C37H47F3N4O4/c1-47-30-10-7-24(8-11-30)32-22-43(28-5-3-4-6-28)23-33(32)35(45)44-21-26(19-29(44)13-16-41)31-12-9-27(37(38,39)40)20-34(31)42-17-14-25(15-18-42)36(46)48-2/h7,9-12,20,24-26,28-29,32-33H,3-6,8,13-15,17-19,21-23H2,1-2H3/t24?,26-,29-,32+,33-/m1/s1.